The number of ether oxygens (including phenoxy) is 2. The summed E-state index contributed by atoms with van der Waals surface area (Å²) in [6.07, 6.45) is 2.69. The van der Waals surface area contributed by atoms with E-state index in [4.69, 9.17) is 19.1 Å². The van der Waals surface area contributed by atoms with Crippen molar-refractivity contribution in [2.24, 2.45) is 0 Å². The lowest BCUT2D eigenvalue weighted by Gasteiger charge is -2.12. The Morgan fingerprint density at radius 1 is 0.875 bits per heavy atom. The molecule has 0 amide bonds. The van der Waals surface area contributed by atoms with Gasteiger partial charge in [0.1, 0.15) is 12.6 Å². The number of hydrogen-bond acceptors (Lipinski definition) is 8. The van der Waals surface area contributed by atoms with Crippen LogP contribution in [0.25, 0.3) is 0 Å². The molecule has 0 aromatic heterocycles. The number of likely N-dealkylation sites (N-methyl/N-ethyl adjacent to an activating group) is 2. The first kappa shape index (κ1) is 27.4. The van der Waals surface area contributed by atoms with Gasteiger partial charge >= 0.3 is 0 Å². The molecule has 0 saturated carbocycles. The van der Waals surface area contributed by atoms with E-state index in [9.17, 15) is 10.2 Å². The zero-order chi connectivity index (χ0) is 19.1. The summed E-state index contributed by atoms with van der Waals surface area (Å²) in [4.78, 5) is 18.1. The van der Waals surface area contributed by atoms with Crippen molar-refractivity contribution >= 4 is 12.6 Å². The summed E-state index contributed by atoms with van der Waals surface area (Å²) < 4.78 is 10.4. The Morgan fingerprint density at radius 3 is 1.38 bits per heavy atom. The van der Waals surface area contributed by atoms with Crippen molar-refractivity contribution < 1.29 is 29.3 Å². The molecule has 0 aromatic rings. The number of hydrogen-bond donors (Lipinski definition) is 4. The fourth-order valence-electron chi connectivity index (χ4n) is 1.15. The van der Waals surface area contributed by atoms with Crippen LogP contribution in [0.5, 0.6) is 0 Å². The van der Waals surface area contributed by atoms with Crippen LogP contribution in [-0.2, 0) is 19.1 Å². The molecule has 4 N–H and O–H groups in total. The van der Waals surface area contributed by atoms with Gasteiger partial charge in [-0.3, -0.25) is 9.59 Å². The van der Waals surface area contributed by atoms with Crippen LogP contribution >= 0.6 is 0 Å². The number of aliphatic hydroxyl groups is 2. The van der Waals surface area contributed by atoms with Crippen LogP contribution in [0.15, 0.2) is 25.3 Å². The summed E-state index contributed by atoms with van der Waals surface area (Å²) in [7, 11) is 3.55. The van der Waals surface area contributed by atoms with Crippen molar-refractivity contribution in [2.75, 3.05) is 53.6 Å². The van der Waals surface area contributed by atoms with Gasteiger partial charge < -0.3 is 30.3 Å². The van der Waals surface area contributed by atoms with Crippen LogP contribution in [-0.4, -0.2) is 88.6 Å². The third-order valence-corrected chi connectivity index (χ3v) is 2.06. The minimum Gasteiger partial charge on any atom is -0.389 e. The van der Waals surface area contributed by atoms with Crippen molar-refractivity contribution in [1.82, 2.24) is 10.6 Å². The zero-order valence-corrected chi connectivity index (χ0v) is 14.6. The van der Waals surface area contributed by atoms with Gasteiger partial charge in [0.2, 0.25) is 0 Å². The second kappa shape index (κ2) is 26.5. The monoisotopic (exact) mass is 348 g/mol. The molecule has 0 aromatic carbocycles. The normalized spacial score (nSPS) is 11.7. The molecule has 142 valence electrons. The quantitative estimate of drug-likeness (QED) is 0.189. The highest BCUT2D eigenvalue weighted by Crippen LogP contribution is 1.87. The number of aldehydes is 2. The summed E-state index contributed by atoms with van der Waals surface area (Å²) in [5.41, 5.74) is 0. The molecular weight excluding hydrogens is 316 g/mol. The Morgan fingerprint density at radius 2 is 1.17 bits per heavy atom. The van der Waals surface area contributed by atoms with E-state index >= 15 is 0 Å². The average Bonchev–Trinajstić information content (AvgIpc) is 2.59. The number of aliphatic hydroxyl groups excluding tert-OH is 2. The predicted molar refractivity (Wildman–Crippen MR) is 94.0 cm³/mol. The first-order chi connectivity index (χ1) is 11.5. The maximum absolute atomic E-state index is 9.29. The predicted octanol–water partition coefficient (Wildman–Crippen LogP) is -1.08. The van der Waals surface area contributed by atoms with E-state index in [0.29, 0.717) is 52.1 Å². The largest absolute Gasteiger partial charge is 0.389 e. The van der Waals surface area contributed by atoms with Crippen LogP contribution < -0.4 is 10.6 Å². The fraction of sp³-hybridized carbons (Fsp3) is 0.625. The van der Waals surface area contributed by atoms with Crippen molar-refractivity contribution in [2.45, 2.75) is 12.2 Å². The van der Waals surface area contributed by atoms with Gasteiger partial charge in [-0.25, -0.2) is 0 Å². The lowest BCUT2D eigenvalue weighted by Crippen LogP contribution is -2.29. The van der Waals surface area contributed by atoms with E-state index in [2.05, 4.69) is 23.8 Å². The number of carbonyl (C=O) groups excluding carboxylic acids is 2. The van der Waals surface area contributed by atoms with Gasteiger partial charge in [-0.05, 0) is 26.2 Å². The van der Waals surface area contributed by atoms with Crippen molar-refractivity contribution in [3.05, 3.63) is 25.3 Å². The second-order valence-electron chi connectivity index (χ2n) is 4.32. The van der Waals surface area contributed by atoms with E-state index in [1.807, 2.05) is 0 Å². The number of nitrogens with one attached hydrogen (secondary N) is 2. The molecule has 24 heavy (non-hydrogen) atoms. The highest BCUT2D eigenvalue weighted by atomic mass is 16.5. The first-order valence-electron chi connectivity index (χ1n) is 7.47. The molecule has 0 spiro atoms. The van der Waals surface area contributed by atoms with Gasteiger partial charge in [-0.1, -0.05) is 13.2 Å². The van der Waals surface area contributed by atoms with Crippen molar-refractivity contribution in [1.29, 1.82) is 0 Å². The molecule has 8 heteroatoms. The van der Waals surface area contributed by atoms with Gasteiger partial charge in [0.15, 0.2) is 0 Å². The smallest absolute Gasteiger partial charge is 0.142 e. The maximum atomic E-state index is 9.29. The van der Waals surface area contributed by atoms with Crippen LogP contribution in [0.1, 0.15) is 0 Å². The molecule has 0 fully saturated rings. The van der Waals surface area contributed by atoms with E-state index < -0.39 is 12.2 Å². The third kappa shape index (κ3) is 32.5. The van der Waals surface area contributed by atoms with Gasteiger partial charge in [-0.15, -0.1) is 0 Å². The molecule has 8 nitrogen and oxygen atoms in total. The molecule has 0 bridgehead atoms. The number of carbonyl (C=O) groups is 2. The average molecular weight is 348 g/mol. The Hall–Kier alpha value is -1.42. The molecule has 0 aliphatic carbocycles. The number of allylic oxidation sites excluding steroid dienone is 2. The lowest BCUT2D eigenvalue weighted by atomic mass is 10.4. The minimum atomic E-state index is -0.486. The molecule has 0 rings (SSSR count). The minimum absolute atomic E-state index is 0.295. The van der Waals surface area contributed by atoms with Gasteiger partial charge in [-0.2, -0.15) is 0 Å². The first-order valence-corrected chi connectivity index (χ1v) is 7.47. The second-order valence-corrected chi connectivity index (χ2v) is 4.32. The number of rotatable bonds is 13. The summed E-state index contributed by atoms with van der Waals surface area (Å²) >= 11 is 0. The standard InChI is InChI=1S/C10H24N2O4.2C3H4O/c1-11-5-9(13)7-15-3-4-16-8-10(14)6-12-2;2*1-2-3-4/h9-14H,3-8H2,1-2H3;2*2-3H,1H2. The van der Waals surface area contributed by atoms with Crippen LogP contribution in [0.3, 0.4) is 0 Å². The molecule has 0 heterocycles. The van der Waals surface area contributed by atoms with Crippen LogP contribution in [0, 0.1) is 0 Å². The summed E-state index contributed by atoms with van der Waals surface area (Å²) in [5.74, 6) is 0. The van der Waals surface area contributed by atoms with Gasteiger partial charge in [0.05, 0.1) is 38.6 Å². The van der Waals surface area contributed by atoms with Crippen molar-refractivity contribution in [3.8, 4) is 0 Å². The lowest BCUT2D eigenvalue weighted by molar-refractivity contribution is -0.104. The van der Waals surface area contributed by atoms with E-state index in [1.54, 1.807) is 14.1 Å². The molecule has 2 atom stereocenters. The summed E-state index contributed by atoms with van der Waals surface area (Å²) in [6, 6.07) is 0. The Labute approximate surface area is 144 Å². The Balaban J connectivity index is -0.000000457. The van der Waals surface area contributed by atoms with Crippen LogP contribution in [0.4, 0.5) is 0 Å². The maximum Gasteiger partial charge on any atom is 0.142 e. The topological polar surface area (TPSA) is 117 Å². The fourth-order valence-corrected chi connectivity index (χ4v) is 1.15. The highest BCUT2D eigenvalue weighted by Gasteiger charge is 2.03. The van der Waals surface area contributed by atoms with E-state index in [0.717, 1.165) is 0 Å². The molecule has 0 saturated heterocycles. The zero-order valence-electron chi connectivity index (χ0n) is 14.6. The summed E-state index contributed by atoms with van der Waals surface area (Å²) in [5, 5.41) is 24.3. The van der Waals surface area contributed by atoms with E-state index in [-0.39, 0.29) is 0 Å². The Kier molecular flexibility index (Phi) is 30.3. The van der Waals surface area contributed by atoms with Gasteiger partial charge in [0.25, 0.3) is 0 Å². The SMILES string of the molecule is C=CC=O.C=CC=O.CNCC(O)COCCOCC(O)CNC. The molecule has 2 unspecified atom stereocenters. The van der Waals surface area contributed by atoms with Crippen LogP contribution in [0.2, 0.25) is 0 Å². The molecule has 0 aliphatic heterocycles. The van der Waals surface area contributed by atoms with Gasteiger partial charge in [0, 0.05) is 13.1 Å². The molecule has 0 radical (unpaired) electrons. The van der Waals surface area contributed by atoms with Crippen molar-refractivity contribution in [3.63, 3.8) is 0 Å². The Bertz CT molecular complexity index is 250. The highest BCUT2D eigenvalue weighted by molar-refractivity contribution is 5.63. The third-order valence-electron chi connectivity index (χ3n) is 2.06. The molecule has 0 aliphatic rings. The molecular formula is C16H32N2O6. The summed E-state index contributed by atoms with van der Waals surface area (Å²) in [6.45, 7) is 8.69. The van der Waals surface area contributed by atoms with E-state index in [1.165, 1.54) is 12.2 Å².